The fraction of sp³-hybridized carbons (Fsp3) is 0.400. The van der Waals surface area contributed by atoms with Crippen molar-refractivity contribution in [2.45, 2.75) is 26.3 Å². The van der Waals surface area contributed by atoms with E-state index in [1.807, 2.05) is 28.5 Å². The molecule has 1 aliphatic rings. The second kappa shape index (κ2) is 4.61. The largest absolute Gasteiger partial charge is 0.463 e. The molecule has 19 heavy (non-hydrogen) atoms. The van der Waals surface area contributed by atoms with E-state index < -0.39 is 0 Å². The molecule has 1 saturated heterocycles. The van der Waals surface area contributed by atoms with Crippen molar-refractivity contribution >= 4 is 17.0 Å². The summed E-state index contributed by atoms with van der Waals surface area (Å²) in [5.74, 6) is 0.102. The van der Waals surface area contributed by atoms with Crippen LogP contribution in [-0.2, 0) is 6.54 Å². The molecule has 0 aliphatic carbocycles. The number of carbonyl (C=O) groups excluding carboxylic acids is 1. The molecule has 2 aromatic rings. The average molecular weight is 258 g/mol. The smallest absolute Gasteiger partial charge is 0.270 e. The topological polar surface area (TPSA) is 38.4 Å². The monoisotopic (exact) mass is 258 g/mol. The normalized spacial score (nSPS) is 15.3. The molecule has 3 heterocycles. The van der Waals surface area contributed by atoms with E-state index >= 15 is 0 Å². The third-order valence-electron chi connectivity index (χ3n) is 3.56. The van der Waals surface area contributed by atoms with Gasteiger partial charge in [0.1, 0.15) is 5.69 Å². The molecule has 0 atom stereocenters. The van der Waals surface area contributed by atoms with Gasteiger partial charge < -0.3 is 13.9 Å². The Balaban J connectivity index is 2.03. The van der Waals surface area contributed by atoms with Crippen LogP contribution in [0, 0.1) is 0 Å². The van der Waals surface area contributed by atoms with Crippen molar-refractivity contribution in [2.75, 3.05) is 13.1 Å². The lowest BCUT2D eigenvalue weighted by Crippen LogP contribution is -2.29. The number of likely N-dealkylation sites (tertiary alicyclic amines) is 1. The molecule has 100 valence electrons. The van der Waals surface area contributed by atoms with Crippen LogP contribution in [0.2, 0.25) is 0 Å². The van der Waals surface area contributed by atoms with Gasteiger partial charge in [-0.1, -0.05) is 12.2 Å². The van der Waals surface area contributed by atoms with Crippen LogP contribution in [-0.4, -0.2) is 28.5 Å². The maximum Gasteiger partial charge on any atom is 0.270 e. The second-order valence-corrected chi connectivity index (χ2v) is 5.24. The third kappa shape index (κ3) is 2.07. The summed E-state index contributed by atoms with van der Waals surface area (Å²) in [6.45, 7) is 8.28. The maximum absolute atomic E-state index is 12.6. The molecular formula is C15H18N2O2. The van der Waals surface area contributed by atoms with Crippen molar-refractivity contribution in [3.05, 3.63) is 36.2 Å². The highest BCUT2D eigenvalue weighted by molar-refractivity contribution is 5.97. The number of amides is 1. The van der Waals surface area contributed by atoms with Gasteiger partial charge in [-0.25, -0.2) is 0 Å². The maximum atomic E-state index is 12.6. The van der Waals surface area contributed by atoms with Gasteiger partial charge in [-0.05, 0) is 19.8 Å². The Labute approximate surface area is 112 Å². The minimum atomic E-state index is 0.102. The molecule has 0 saturated carbocycles. The minimum Gasteiger partial charge on any atom is -0.463 e. The Morgan fingerprint density at radius 2 is 2.16 bits per heavy atom. The summed E-state index contributed by atoms with van der Waals surface area (Å²) in [5, 5.41) is 0. The van der Waals surface area contributed by atoms with E-state index in [0.29, 0.717) is 12.2 Å². The van der Waals surface area contributed by atoms with Crippen LogP contribution in [0.5, 0.6) is 0 Å². The summed E-state index contributed by atoms with van der Waals surface area (Å²) in [6.07, 6.45) is 3.86. The standard InChI is InChI=1S/C15H18N2O2/c1-11(2)10-17-12-5-8-19-14(12)9-13(17)15(18)16-6-3-4-7-16/h5,8-9H,1,3-4,6-7,10H2,2H3. The van der Waals surface area contributed by atoms with Crippen molar-refractivity contribution in [3.63, 3.8) is 0 Å². The van der Waals surface area contributed by atoms with Gasteiger partial charge in [-0.3, -0.25) is 4.79 Å². The Hall–Kier alpha value is -1.97. The van der Waals surface area contributed by atoms with Crippen LogP contribution in [0.25, 0.3) is 11.1 Å². The molecule has 1 amide bonds. The van der Waals surface area contributed by atoms with Gasteiger partial charge >= 0.3 is 0 Å². The van der Waals surface area contributed by atoms with E-state index in [9.17, 15) is 4.79 Å². The summed E-state index contributed by atoms with van der Waals surface area (Å²) in [6, 6.07) is 3.75. The molecule has 4 nitrogen and oxygen atoms in total. The van der Waals surface area contributed by atoms with E-state index in [1.165, 1.54) is 0 Å². The Morgan fingerprint density at radius 1 is 1.42 bits per heavy atom. The lowest BCUT2D eigenvalue weighted by Gasteiger charge is -2.17. The van der Waals surface area contributed by atoms with Gasteiger partial charge in [0.2, 0.25) is 0 Å². The quantitative estimate of drug-likeness (QED) is 0.794. The predicted octanol–water partition coefficient (Wildman–Crippen LogP) is 3.05. The molecular weight excluding hydrogens is 240 g/mol. The van der Waals surface area contributed by atoms with Crippen molar-refractivity contribution in [1.82, 2.24) is 9.47 Å². The first-order valence-electron chi connectivity index (χ1n) is 6.67. The van der Waals surface area contributed by atoms with E-state index in [0.717, 1.165) is 42.6 Å². The number of hydrogen-bond donors (Lipinski definition) is 0. The van der Waals surface area contributed by atoms with Crippen molar-refractivity contribution in [3.8, 4) is 0 Å². The van der Waals surface area contributed by atoms with Crippen molar-refractivity contribution in [1.29, 1.82) is 0 Å². The van der Waals surface area contributed by atoms with Crippen LogP contribution < -0.4 is 0 Å². The zero-order valence-corrected chi connectivity index (χ0v) is 11.2. The molecule has 0 aromatic carbocycles. The van der Waals surface area contributed by atoms with Crippen LogP contribution in [0.4, 0.5) is 0 Å². The minimum absolute atomic E-state index is 0.102. The Kier molecular flexibility index (Phi) is 2.93. The third-order valence-corrected chi connectivity index (χ3v) is 3.56. The highest BCUT2D eigenvalue weighted by Crippen LogP contribution is 2.24. The molecule has 0 unspecified atom stereocenters. The molecule has 1 aliphatic heterocycles. The number of fused-ring (bicyclic) bond motifs is 1. The van der Waals surface area contributed by atoms with Crippen LogP contribution in [0.1, 0.15) is 30.3 Å². The molecule has 0 radical (unpaired) electrons. The SMILES string of the molecule is C=C(C)Cn1c(C(=O)N2CCCC2)cc2occc21. The highest BCUT2D eigenvalue weighted by atomic mass is 16.3. The Morgan fingerprint density at radius 3 is 2.84 bits per heavy atom. The summed E-state index contributed by atoms with van der Waals surface area (Å²) in [7, 11) is 0. The van der Waals surface area contributed by atoms with E-state index in [-0.39, 0.29) is 5.91 Å². The molecule has 0 spiro atoms. The van der Waals surface area contributed by atoms with Crippen molar-refractivity contribution < 1.29 is 9.21 Å². The molecule has 0 bridgehead atoms. The summed E-state index contributed by atoms with van der Waals surface area (Å²) >= 11 is 0. The number of hydrogen-bond acceptors (Lipinski definition) is 2. The van der Waals surface area contributed by atoms with Gasteiger partial charge in [0.25, 0.3) is 5.91 Å². The average Bonchev–Trinajstić information content (AvgIpc) is 3.04. The van der Waals surface area contributed by atoms with Crippen molar-refractivity contribution in [2.24, 2.45) is 0 Å². The highest BCUT2D eigenvalue weighted by Gasteiger charge is 2.24. The predicted molar refractivity (Wildman–Crippen MR) is 74.2 cm³/mol. The zero-order valence-electron chi connectivity index (χ0n) is 11.2. The molecule has 0 N–H and O–H groups in total. The van der Waals surface area contributed by atoms with Gasteiger partial charge in [0.15, 0.2) is 5.58 Å². The molecule has 4 heteroatoms. The lowest BCUT2D eigenvalue weighted by atomic mass is 10.3. The number of nitrogens with zero attached hydrogens (tertiary/aromatic N) is 2. The molecule has 3 rings (SSSR count). The fourth-order valence-corrected chi connectivity index (χ4v) is 2.68. The Bertz CT molecular complexity index is 630. The van der Waals surface area contributed by atoms with E-state index in [2.05, 4.69) is 6.58 Å². The van der Waals surface area contributed by atoms with Gasteiger partial charge in [0.05, 0.1) is 11.8 Å². The summed E-state index contributed by atoms with van der Waals surface area (Å²) < 4.78 is 7.41. The lowest BCUT2D eigenvalue weighted by molar-refractivity contribution is 0.0783. The van der Waals surface area contributed by atoms with Gasteiger partial charge in [0, 0.05) is 31.8 Å². The number of allylic oxidation sites excluding steroid dienone is 1. The summed E-state index contributed by atoms with van der Waals surface area (Å²) in [5.41, 5.74) is 3.46. The van der Waals surface area contributed by atoms with E-state index in [1.54, 1.807) is 6.26 Å². The molecule has 1 fully saturated rings. The van der Waals surface area contributed by atoms with Crippen LogP contribution >= 0.6 is 0 Å². The first kappa shape index (κ1) is 12.1. The van der Waals surface area contributed by atoms with Crippen LogP contribution in [0.15, 0.2) is 35.0 Å². The fourth-order valence-electron chi connectivity index (χ4n) is 2.68. The number of furan rings is 1. The van der Waals surface area contributed by atoms with Crippen LogP contribution in [0.3, 0.4) is 0 Å². The zero-order chi connectivity index (χ0) is 13.4. The first-order chi connectivity index (χ1) is 9.16. The van der Waals surface area contributed by atoms with E-state index in [4.69, 9.17) is 4.42 Å². The summed E-state index contributed by atoms with van der Waals surface area (Å²) in [4.78, 5) is 14.5. The number of carbonyl (C=O) groups is 1. The number of rotatable bonds is 3. The molecule has 2 aromatic heterocycles. The van der Waals surface area contributed by atoms with Gasteiger partial charge in [-0.15, -0.1) is 0 Å². The second-order valence-electron chi connectivity index (χ2n) is 5.24. The van der Waals surface area contributed by atoms with Gasteiger partial charge in [-0.2, -0.15) is 0 Å². The number of aromatic nitrogens is 1. The first-order valence-corrected chi connectivity index (χ1v) is 6.67.